The quantitative estimate of drug-likeness (QED) is 0.724. The maximum atomic E-state index is 12.9. The second kappa shape index (κ2) is 7.55. The summed E-state index contributed by atoms with van der Waals surface area (Å²) in [6, 6.07) is 20.0. The first kappa shape index (κ1) is 18.2. The number of fused-ring (bicyclic) bond motifs is 2. The van der Waals surface area contributed by atoms with Gasteiger partial charge in [-0.25, -0.2) is 0 Å². The van der Waals surface area contributed by atoms with Gasteiger partial charge < -0.3 is 19.7 Å². The molecule has 3 aromatic rings. The summed E-state index contributed by atoms with van der Waals surface area (Å²) in [6.45, 7) is 1.66. The number of rotatable bonds is 3. The van der Waals surface area contributed by atoms with Gasteiger partial charge in [0.05, 0.1) is 0 Å². The van der Waals surface area contributed by atoms with Crippen LogP contribution in [0.2, 0.25) is 0 Å². The summed E-state index contributed by atoms with van der Waals surface area (Å²) in [4.78, 5) is 27.3. The van der Waals surface area contributed by atoms with Gasteiger partial charge in [-0.1, -0.05) is 18.2 Å². The molecule has 6 heteroatoms. The zero-order valence-electron chi connectivity index (χ0n) is 16.3. The van der Waals surface area contributed by atoms with E-state index in [4.69, 9.17) is 9.47 Å². The molecule has 3 aromatic carbocycles. The molecule has 0 aromatic heterocycles. The van der Waals surface area contributed by atoms with E-state index in [1.54, 1.807) is 47.4 Å². The Hall–Kier alpha value is -3.80. The highest BCUT2D eigenvalue weighted by atomic mass is 16.6. The van der Waals surface area contributed by atoms with Crippen LogP contribution in [0.3, 0.4) is 0 Å². The lowest BCUT2D eigenvalue weighted by Gasteiger charge is -2.19. The van der Waals surface area contributed by atoms with Gasteiger partial charge in [-0.05, 0) is 60.5 Å². The fraction of sp³-hybridized carbons (Fsp3) is 0.167. The second-order valence-electron chi connectivity index (χ2n) is 7.23. The van der Waals surface area contributed by atoms with Crippen molar-refractivity contribution in [1.82, 2.24) is 0 Å². The van der Waals surface area contributed by atoms with E-state index in [1.807, 2.05) is 18.2 Å². The van der Waals surface area contributed by atoms with Crippen LogP contribution in [0.15, 0.2) is 66.7 Å². The minimum Gasteiger partial charge on any atom is -0.486 e. The smallest absolute Gasteiger partial charge is 0.258 e. The molecular formula is C24H20N2O4. The molecule has 2 heterocycles. The van der Waals surface area contributed by atoms with Crippen molar-refractivity contribution in [1.29, 1.82) is 0 Å². The Labute approximate surface area is 174 Å². The second-order valence-corrected chi connectivity index (χ2v) is 7.23. The standard InChI is InChI=1S/C24H20N2O4/c27-23(18-7-10-21-22(15-18)30-14-13-29-21)25-19-8-5-17(6-9-19)24(28)26-12-11-16-3-1-2-4-20(16)26/h1-10,15H,11-14H2,(H,25,27). The van der Waals surface area contributed by atoms with Crippen molar-refractivity contribution >= 4 is 23.2 Å². The number of carbonyl (C=O) groups excluding carboxylic acids is 2. The average Bonchev–Trinajstić information content (AvgIpc) is 3.23. The molecule has 2 aliphatic rings. The van der Waals surface area contributed by atoms with Crippen LogP contribution in [0, 0.1) is 0 Å². The minimum absolute atomic E-state index is 0.0373. The minimum atomic E-state index is -0.250. The highest BCUT2D eigenvalue weighted by Gasteiger charge is 2.25. The Balaban J connectivity index is 1.29. The van der Waals surface area contributed by atoms with Gasteiger partial charge in [0.15, 0.2) is 11.5 Å². The molecule has 0 spiro atoms. The van der Waals surface area contributed by atoms with Crippen LogP contribution in [0.5, 0.6) is 11.5 Å². The molecule has 0 radical (unpaired) electrons. The monoisotopic (exact) mass is 400 g/mol. The third-order valence-corrected chi connectivity index (χ3v) is 5.33. The normalized spacial score (nSPS) is 14.2. The van der Waals surface area contributed by atoms with Crippen LogP contribution in [0.25, 0.3) is 0 Å². The number of para-hydroxylation sites is 1. The van der Waals surface area contributed by atoms with Crippen LogP contribution in [-0.2, 0) is 6.42 Å². The molecule has 150 valence electrons. The highest BCUT2D eigenvalue weighted by molar-refractivity contribution is 6.08. The summed E-state index contributed by atoms with van der Waals surface area (Å²) in [5.74, 6) is 0.925. The highest BCUT2D eigenvalue weighted by Crippen LogP contribution is 2.31. The molecule has 0 fully saturated rings. The van der Waals surface area contributed by atoms with E-state index in [2.05, 4.69) is 11.4 Å². The molecule has 0 unspecified atom stereocenters. The van der Waals surface area contributed by atoms with Crippen molar-refractivity contribution in [3.63, 3.8) is 0 Å². The van der Waals surface area contributed by atoms with Crippen molar-refractivity contribution < 1.29 is 19.1 Å². The molecule has 2 amide bonds. The molecule has 0 saturated heterocycles. The number of hydrogen-bond donors (Lipinski definition) is 1. The van der Waals surface area contributed by atoms with Gasteiger partial charge in [0.25, 0.3) is 11.8 Å². The number of ether oxygens (including phenoxy) is 2. The third-order valence-electron chi connectivity index (χ3n) is 5.33. The molecule has 0 saturated carbocycles. The number of hydrogen-bond acceptors (Lipinski definition) is 4. The van der Waals surface area contributed by atoms with Gasteiger partial charge in [0, 0.05) is 29.0 Å². The van der Waals surface area contributed by atoms with Crippen molar-refractivity contribution in [2.75, 3.05) is 30.0 Å². The largest absolute Gasteiger partial charge is 0.486 e. The Kier molecular flexibility index (Phi) is 4.59. The van der Waals surface area contributed by atoms with Crippen LogP contribution >= 0.6 is 0 Å². The number of nitrogens with zero attached hydrogens (tertiary/aromatic N) is 1. The fourth-order valence-corrected chi connectivity index (χ4v) is 3.79. The van der Waals surface area contributed by atoms with Crippen molar-refractivity contribution in [2.45, 2.75) is 6.42 Å². The lowest BCUT2D eigenvalue weighted by Crippen LogP contribution is -2.28. The van der Waals surface area contributed by atoms with Crippen molar-refractivity contribution in [3.05, 3.63) is 83.4 Å². The van der Waals surface area contributed by atoms with Gasteiger partial charge in [-0.15, -0.1) is 0 Å². The van der Waals surface area contributed by atoms with Gasteiger partial charge in [-0.2, -0.15) is 0 Å². The number of carbonyl (C=O) groups is 2. The maximum absolute atomic E-state index is 12.9. The van der Waals surface area contributed by atoms with Gasteiger partial charge in [0.1, 0.15) is 13.2 Å². The molecule has 2 aliphatic heterocycles. The first-order chi connectivity index (χ1) is 14.7. The van der Waals surface area contributed by atoms with E-state index < -0.39 is 0 Å². The van der Waals surface area contributed by atoms with E-state index >= 15 is 0 Å². The summed E-state index contributed by atoms with van der Waals surface area (Å²) in [5, 5.41) is 2.86. The number of nitrogens with one attached hydrogen (secondary N) is 1. The first-order valence-corrected chi connectivity index (χ1v) is 9.90. The van der Waals surface area contributed by atoms with Crippen LogP contribution in [0.1, 0.15) is 26.3 Å². The fourth-order valence-electron chi connectivity index (χ4n) is 3.79. The summed E-state index contributed by atoms with van der Waals surface area (Å²) in [7, 11) is 0. The molecule has 1 N–H and O–H groups in total. The Morgan fingerprint density at radius 2 is 1.57 bits per heavy atom. The molecule has 30 heavy (non-hydrogen) atoms. The molecule has 5 rings (SSSR count). The first-order valence-electron chi connectivity index (χ1n) is 9.90. The van der Waals surface area contributed by atoms with Crippen LogP contribution in [0.4, 0.5) is 11.4 Å². The lowest BCUT2D eigenvalue weighted by molar-refractivity contribution is 0.0988. The summed E-state index contributed by atoms with van der Waals surface area (Å²) in [5.41, 5.74) is 3.85. The zero-order valence-corrected chi connectivity index (χ0v) is 16.3. The third kappa shape index (κ3) is 3.37. The Bertz CT molecular complexity index is 1120. The zero-order chi connectivity index (χ0) is 20.5. The molecular weight excluding hydrogens is 380 g/mol. The summed E-state index contributed by atoms with van der Waals surface area (Å²) in [6.07, 6.45) is 0.867. The topological polar surface area (TPSA) is 67.9 Å². The maximum Gasteiger partial charge on any atom is 0.258 e. The van der Waals surface area contributed by atoms with Crippen LogP contribution in [-0.4, -0.2) is 31.6 Å². The van der Waals surface area contributed by atoms with E-state index in [0.29, 0.717) is 48.1 Å². The number of benzene rings is 3. The number of amides is 2. The van der Waals surface area contributed by atoms with E-state index in [1.165, 1.54) is 5.56 Å². The Morgan fingerprint density at radius 1 is 0.833 bits per heavy atom. The Morgan fingerprint density at radius 3 is 2.40 bits per heavy atom. The van der Waals surface area contributed by atoms with E-state index in [-0.39, 0.29) is 11.8 Å². The van der Waals surface area contributed by atoms with Gasteiger partial charge in [-0.3, -0.25) is 9.59 Å². The van der Waals surface area contributed by atoms with Gasteiger partial charge >= 0.3 is 0 Å². The predicted octanol–water partition coefficient (Wildman–Crippen LogP) is 3.91. The van der Waals surface area contributed by atoms with Gasteiger partial charge in [0.2, 0.25) is 0 Å². The molecule has 0 atom stereocenters. The average molecular weight is 400 g/mol. The predicted molar refractivity (Wildman–Crippen MR) is 114 cm³/mol. The SMILES string of the molecule is O=C(Nc1ccc(C(=O)N2CCc3ccccc32)cc1)c1ccc2c(c1)OCCO2. The molecule has 0 aliphatic carbocycles. The van der Waals surface area contributed by atoms with Crippen molar-refractivity contribution in [2.24, 2.45) is 0 Å². The molecule has 0 bridgehead atoms. The number of anilines is 2. The van der Waals surface area contributed by atoms with E-state index in [0.717, 1.165) is 12.1 Å². The van der Waals surface area contributed by atoms with Crippen molar-refractivity contribution in [3.8, 4) is 11.5 Å². The van der Waals surface area contributed by atoms with E-state index in [9.17, 15) is 9.59 Å². The summed E-state index contributed by atoms with van der Waals surface area (Å²) < 4.78 is 11.0. The lowest BCUT2D eigenvalue weighted by atomic mass is 10.1. The molecule has 6 nitrogen and oxygen atoms in total. The van der Waals surface area contributed by atoms with Crippen LogP contribution < -0.4 is 19.7 Å². The summed E-state index contributed by atoms with van der Waals surface area (Å²) >= 11 is 0.